The van der Waals surface area contributed by atoms with E-state index in [1.807, 2.05) is 4.90 Å². The number of hydrogen-bond donors (Lipinski definition) is 2. The van der Waals surface area contributed by atoms with Crippen molar-refractivity contribution in [3.8, 4) is 0 Å². The number of thiocarbonyl (C=S) groups is 1. The van der Waals surface area contributed by atoms with E-state index in [9.17, 15) is 4.39 Å². The first-order chi connectivity index (χ1) is 11.1. The summed E-state index contributed by atoms with van der Waals surface area (Å²) in [4.78, 5) is 7.02. The number of allylic oxidation sites excluding steroid dienone is 2. The van der Waals surface area contributed by atoms with Crippen LogP contribution in [-0.4, -0.2) is 22.0 Å². The van der Waals surface area contributed by atoms with Crippen molar-refractivity contribution < 1.29 is 9.13 Å². The van der Waals surface area contributed by atoms with Gasteiger partial charge in [0.25, 0.3) is 6.35 Å². The quantitative estimate of drug-likeness (QED) is 0.833. The van der Waals surface area contributed by atoms with Crippen molar-refractivity contribution in [3.05, 3.63) is 71.8 Å². The molecule has 0 aliphatic carbocycles. The van der Waals surface area contributed by atoms with Gasteiger partial charge >= 0.3 is 0 Å². The molecular weight excluding hydrogens is 315 g/mol. The second-order valence-corrected chi connectivity index (χ2v) is 5.55. The number of nitrogens with zero attached hydrogens (tertiary/aromatic N) is 2. The Bertz CT molecular complexity index is 752. The minimum Gasteiger partial charge on any atom is -0.456 e. The van der Waals surface area contributed by atoms with Crippen molar-refractivity contribution in [3.63, 3.8) is 0 Å². The zero-order chi connectivity index (χ0) is 16.4. The molecule has 2 aliphatic heterocycles. The van der Waals surface area contributed by atoms with Crippen LogP contribution in [-0.2, 0) is 4.74 Å². The van der Waals surface area contributed by atoms with Crippen LogP contribution in [0.5, 0.6) is 0 Å². The first-order valence-electron chi connectivity index (χ1n) is 6.95. The molecule has 1 atom stereocenters. The number of hydrogen-bond acceptors (Lipinski definition) is 5. The Labute approximate surface area is 138 Å². The Kier molecular flexibility index (Phi) is 4.12. The highest BCUT2D eigenvalue weighted by atomic mass is 32.1. The van der Waals surface area contributed by atoms with Gasteiger partial charge in [-0.15, -0.1) is 0 Å². The smallest absolute Gasteiger partial charge is 0.274 e. The van der Waals surface area contributed by atoms with Crippen LogP contribution in [0.3, 0.4) is 0 Å². The molecule has 1 unspecified atom stereocenters. The van der Waals surface area contributed by atoms with E-state index in [2.05, 4.69) is 10.3 Å². The van der Waals surface area contributed by atoms with Crippen molar-refractivity contribution in [2.75, 3.05) is 0 Å². The van der Waals surface area contributed by atoms with Gasteiger partial charge in [0.1, 0.15) is 12.1 Å². The highest BCUT2D eigenvalue weighted by Gasteiger charge is 2.35. The van der Waals surface area contributed by atoms with Crippen molar-refractivity contribution in [1.29, 1.82) is 0 Å². The number of halogens is 1. The molecule has 2 aliphatic rings. The maximum absolute atomic E-state index is 13.2. The molecule has 1 aromatic rings. The summed E-state index contributed by atoms with van der Waals surface area (Å²) in [5.74, 6) is -0.301. The van der Waals surface area contributed by atoms with E-state index < -0.39 is 6.35 Å². The van der Waals surface area contributed by atoms with Crippen LogP contribution in [0.15, 0.2) is 65.4 Å². The highest BCUT2D eigenvalue weighted by molar-refractivity contribution is 7.80. The lowest BCUT2D eigenvalue weighted by Gasteiger charge is -2.19. The minimum atomic E-state index is -0.474. The molecule has 0 amide bonds. The van der Waals surface area contributed by atoms with Gasteiger partial charge in [0.2, 0.25) is 0 Å². The van der Waals surface area contributed by atoms with Gasteiger partial charge < -0.3 is 15.8 Å². The predicted octanol–water partition coefficient (Wildman–Crippen LogP) is 2.34. The third kappa shape index (κ3) is 2.95. The molecule has 23 heavy (non-hydrogen) atoms. The fourth-order valence-corrected chi connectivity index (χ4v) is 2.54. The average Bonchev–Trinajstić information content (AvgIpc) is 3.07. The van der Waals surface area contributed by atoms with Crippen molar-refractivity contribution in [1.82, 2.24) is 10.2 Å². The summed E-state index contributed by atoms with van der Waals surface area (Å²) in [6, 6.07) is 6.14. The van der Waals surface area contributed by atoms with Gasteiger partial charge in [-0.3, -0.25) is 4.90 Å². The number of ether oxygens (including phenoxy) is 1. The monoisotopic (exact) mass is 330 g/mol. The summed E-state index contributed by atoms with van der Waals surface area (Å²) in [7, 11) is 0. The van der Waals surface area contributed by atoms with Gasteiger partial charge in [-0.1, -0.05) is 12.2 Å². The lowest BCUT2D eigenvalue weighted by molar-refractivity contribution is 0.0988. The van der Waals surface area contributed by atoms with Crippen LogP contribution in [0.2, 0.25) is 0 Å². The van der Waals surface area contributed by atoms with Crippen LogP contribution < -0.4 is 11.1 Å². The molecule has 5 nitrogen and oxygen atoms in total. The van der Waals surface area contributed by atoms with Crippen LogP contribution in [0.4, 0.5) is 4.39 Å². The minimum absolute atomic E-state index is 0.301. The number of nitrogens with one attached hydrogen (secondary N) is 1. The summed E-state index contributed by atoms with van der Waals surface area (Å²) < 4.78 is 18.6. The summed E-state index contributed by atoms with van der Waals surface area (Å²) in [6.45, 7) is 1.78. The molecule has 0 radical (unpaired) electrons. The SMILES string of the molecule is CC(=S)NC(C=CN)=C1C(c2ccc(F)cc2)=NC2OC=CN12. The normalized spacial score (nSPS) is 21.2. The zero-order valence-corrected chi connectivity index (χ0v) is 13.2. The molecule has 3 rings (SSSR count). The van der Waals surface area contributed by atoms with Gasteiger partial charge in [-0.2, -0.15) is 0 Å². The molecule has 118 valence electrons. The van der Waals surface area contributed by atoms with Crippen LogP contribution in [0, 0.1) is 5.82 Å². The molecule has 0 fully saturated rings. The Hall–Kier alpha value is -2.67. The predicted molar refractivity (Wildman–Crippen MR) is 90.6 cm³/mol. The zero-order valence-electron chi connectivity index (χ0n) is 12.4. The van der Waals surface area contributed by atoms with Gasteiger partial charge in [0.05, 0.1) is 22.1 Å². The van der Waals surface area contributed by atoms with E-state index >= 15 is 0 Å². The lowest BCUT2D eigenvalue weighted by Crippen LogP contribution is -2.28. The first-order valence-corrected chi connectivity index (χ1v) is 7.35. The fourth-order valence-electron chi connectivity index (χ4n) is 2.43. The molecule has 0 bridgehead atoms. The van der Waals surface area contributed by atoms with Gasteiger partial charge in [-0.05, 0) is 43.5 Å². The van der Waals surface area contributed by atoms with E-state index in [0.29, 0.717) is 16.4 Å². The maximum atomic E-state index is 13.2. The molecule has 0 saturated carbocycles. The van der Waals surface area contributed by atoms with Gasteiger partial charge in [0, 0.05) is 11.8 Å². The van der Waals surface area contributed by atoms with Gasteiger partial charge in [0.15, 0.2) is 0 Å². The summed E-state index contributed by atoms with van der Waals surface area (Å²) in [5.41, 5.74) is 8.47. The number of rotatable bonds is 3. The third-order valence-electron chi connectivity index (χ3n) is 3.33. The number of fused-ring (bicyclic) bond motifs is 1. The molecule has 2 heterocycles. The van der Waals surface area contributed by atoms with E-state index in [0.717, 1.165) is 11.3 Å². The van der Waals surface area contributed by atoms with E-state index in [1.165, 1.54) is 18.3 Å². The summed E-state index contributed by atoms with van der Waals surface area (Å²) in [5, 5.41) is 3.10. The van der Waals surface area contributed by atoms with Crippen LogP contribution >= 0.6 is 12.2 Å². The molecular formula is C16H15FN4OS. The average molecular weight is 330 g/mol. The standard InChI is InChI=1S/C16H15FN4OS/c1-10(23)19-13(6-7-18)15-14(11-2-4-12(17)5-3-11)20-16-21(15)8-9-22-16/h2-9,16H,18H2,1H3,(H,19,23). The molecule has 0 aromatic heterocycles. The maximum Gasteiger partial charge on any atom is 0.274 e. The third-order valence-corrected chi connectivity index (χ3v) is 3.43. The van der Waals surface area contributed by atoms with Gasteiger partial charge in [-0.25, -0.2) is 9.38 Å². The second-order valence-electron chi connectivity index (χ2n) is 4.94. The van der Waals surface area contributed by atoms with Crippen molar-refractivity contribution in [2.24, 2.45) is 10.7 Å². The summed E-state index contributed by atoms with van der Waals surface area (Å²) >= 11 is 5.14. The topological polar surface area (TPSA) is 62.9 Å². The molecule has 7 heteroatoms. The van der Waals surface area contributed by atoms with Crippen molar-refractivity contribution >= 4 is 22.9 Å². The Morgan fingerprint density at radius 3 is 2.83 bits per heavy atom. The number of benzene rings is 1. The lowest BCUT2D eigenvalue weighted by atomic mass is 10.1. The molecule has 0 saturated heterocycles. The number of aliphatic imine (C=N–C) groups is 1. The Morgan fingerprint density at radius 1 is 1.43 bits per heavy atom. The second kappa shape index (κ2) is 6.21. The van der Waals surface area contributed by atoms with Crippen molar-refractivity contribution in [2.45, 2.75) is 13.3 Å². The van der Waals surface area contributed by atoms with E-state index in [1.54, 1.807) is 37.6 Å². The van der Waals surface area contributed by atoms with Crippen LogP contribution in [0.25, 0.3) is 0 Å². The largest absolute Gasteiger partial charge is 0.456 e. The van der Waals surface area contributed by atoms with Crippen LogP contribution in [0.1, 0.15) is 12.5 Å². The Morgan fingerprint density at radius 2 is 2.17 bits per heavy atom. The molecule has 1 aromatic carbocycles. The van der Waals surface area contributed by atoms with E-state index in [-0.39, 0.29) is 5.82 Å². The highest BCUT2D eigenvalue weighted by Crippen LogP contribution is 2.31. The summed E-state index contributed by atoms with van der Waals surface area (Å²) in [6.07, 6.45) is 6.01. The molecule has 3 N–H and O–H groups in total. The number of nitrogens with two attached hydrogens (primary N) is 1. The Balaban J connectivity index is 2.12. The molecule has 0 spiro atoms. The van der Waals surface area contributed by atoms with E-state index in [4.69, 9.17) is 22.7 Å². The fraction of sp³-hybridized carbons (Fsp3) is 0.125. The first kappa shape index (κ1) is 15.2.